The first-order valence-electron chi connectivity index (χ1n) is 14.5. The Hall–Kier alpha value is -4.21. The highest BCUT2D eigenvalue weighted by atomic mass is 32.2. The summed E-state index contributed by atoms with van der Waals surface area (Å²) < 4.78 is 49.1. The van der Waals surface area contributed by atoms with Crippen LogP contribution in [-0.2, 0) is 22.4 Å². The second-order valence-electron chi connectivity index (χ2n) is 10.8. The number of pyridine rings is 1. The van der Waals surface area contributed by atoms with Crippen molar-refractivity contribution in [3.05, 3.63) is 113 Å². The normalized spacial score (nSPS) is 17.0. The van der Waals surface area contributed by atoms with Gasteiger partial charge in [-0.1, -0.05) is 24.3 Å². The molecular formula is C34H32F3N5O2S. The molecule has 0 unspecified atom stereocenters. The van der Waals surface area contributed by atoms with Gasteiger partial charge in [-0.2, -0.15) is 5.26 Å². The van der Waals surface area contributed by atoms with Crippen LogP contribution in [0.5, 0.6) is 0 Å². The summed E-state index contributed by atoms with van der Waals surface area (Å²) in [5.74, 6) is -1.30. The van der Waals surface area contributed by atoms with E-state index in [4.69, 9.17) is 15.7 Å². The largest absolute Gasteiger partial charge is 0.371 e. The monoisotopic (exact) mass is 631 g/mol. The number of nitrogens with two attached hydrogens (primary N) is 1. The van der Waals surface area contributed by atoms with Crippen LogP contribution in [0.1, 0.15) is 23.1 Å². The zero-order valence-corrected chi connectivity index (χ0v) is 25.1. The van der Waals surface area contributed by atoms with Gasteiger partial charge in [0.15, 0.2) is 0 Å². The first-order valence-corrected chi connectivity index (χ1v) is 15.5. The third kappa shape index (κ3) is 8.71. The van der Waals surface area contributed by atoms with Crippen molar-refractivity contribution in [2.75, 3.05) is 24.2 Å². The molecule has 1 fully saturated rings. The highest BCUT2D eigenvalue weighted by Gasteiger charge is 2.24. The molecular weight excluding hydrogens is 599 g/mol. The van der Waals surface area contributed by atoms with Crippen LogP contribution in [0.4, 0.5) is 18.9 Å². The summed E-state index contributed by atoms with van der Waals surface area (Å²) in [5.41, 5.74) is 8.73. The number of aromatic nitrogens is 1. The molecule has 1 amide bonds. The number of rotatable bonds is 11. The molecule has 4 N–H and O–H groups in total. The van der Waals surface area contributed by atoms with Gasteiger partial charge in [0, 0.05) is 34.9 Å². The zero-order valence-electron chi connectivity index (χ0n) is 24.3. The predicted molar refractivity (Wildman–Crippen MR) is 168 cm³/mol. The maximum atomic E-state index is 14.9. The van der Waals surface area contributed by atoms with Crippen LogP contribution in [-0.4, -0.2) is 48.0 Å². The molecule has 3 aromatic carbocycles. The summed E-state index contributed by atoms with van der Waals surface area (Å²) in [6.07, 6.45) is 3.18. The number of ether oxygens (including phenoxy) is 1. The highest BCUT2D eigenvalue weighted by Crippen LogP contribution is 2.27. The number of hydrogen-bond acceptors (Lipinski definition) is 7. The van der Waals surface area contributed by atoms with Crippen LogP contribution in [0.15, 0.2) is 84.0 Å². The van der Waals surface area contributed by atoms with Gasteiger partial charge < -0.3 is 21.1 Å². The molecule has 2 heterocycles. The molecule has 0 saturated carbocycles. The van der Waals surface area contributed by atoms with Gasteiger partial charge in [0.25, 0.3) is 0 Å². The number of nitrogens with one attached hydrogen (secondary N) is 2. The number of halogens is 3. The number of benzene rings is 3. The summed E-state index contributed by atoms with van der Waals surface area (Å²) in [7, 11) is 0. The van der Waals surface area contributed by atoms with Crippen molar-refractivity contribution in [3.8, 4) is 17.2 Å². The van der Waals surface area contributed by atoms with E-state index in [0.29, 0.717) is 53.9 Å². The zero-order chi connectivity index (χ0) is 31.8. The number of thioether (sulfide) groups is 1. The minimum atomic E-state index is -1.01. The first-order chi connectivity index (χ1) is 21.8. The summed E-state index contributed by atoms with van der Waals surface area (Å²) in [4.78, 5) is 18.0. The quantitative estimate of drug-likeness (QED) is 0.184. The van der Waals surface area contributed by atoms with Gasteiger partial charge in [-0.25, -0.2) is 13.2 Å². The van der Waals surface area contributed by atoms with E-state index in [1.807, 2.05) is 18.2 Å². The lowest BCUT2D eigenvalue weighted by Gasteiger charge is -2.31. The van der Waals surface area contributed by atoms with Crippen molar-refractivity contribution >= 4 is 23.4 Å². The Morgan fingerprint density at radius 1 is 1.07 bits per heavy atom. The Labute approximate surface area is 264 Å². The summed E-state index contributed by atoms with van der Waals surface area (Å²) in [6.45, 7) is 1.30. The summed E-state index contributed by atoms with van der Waals surface area (Å²) >= 11 is 1.61. The SMILES string of the molecule is N#Cc1cccc(SC[C@@H]2CNC[C@@H](CCc3c(F)cncc3NC(=O)[C@@H](N)Cc3ccc(F)c(-c4ccc(F)cc4)c3)O2)c1. The number of amides is 1. The number of carbonyl (C=O) groups excluding carboxylic acids is 1. The fourth-order valence-electron chi connectivity index (χ4n) is 5.14. The molecule has 1 aliphatic rings. The van der Waals surface area contributed by atoms with Crippen LogP contribution in [0.2, 0.25) is 0 Å². The Bertz CT molecular complexity index is 1680. The summed E-state index contributed by atoms with van der Waals surface area (Å²) in [5, 5.41) is 15.2. The van der Waals surface area contributed by atoms with Crippen LogP contribution in [0, 0.1) is 28.8 Å². The maximum Gasteiger partial charge on any atom is 0.241 e. The Kier molecular flexibility index (Phi) is 10.9. The van der Waals surface area contributed by atoms with E-state index in [1.165, 1.54) is 42.6 Å². The van der Waals surface area contributed by atoms with Crippen molar-refractivity contribution in [3.63, 3.8) is 0 Å². The molecule has 5 rings (SSSR count). The number of nitrogens with zero attached hydrogens (tertiary/aromatic N) is 2. The van der Waals surface area contributed by atoms with Gasteiger partial charge in [-0.05, 0) is 72.9 Å². The molecule has 0 aliphatic carbocycles. The predicted octanol–water partition coefficient (Wildman–Crippen LogP) is 5.63. The third-order valence-corrected chi connectivity index (χ3v) is 8.61. The molecule has 45 heavy (non-hydrogen) atoms. The lowest BCUT2D eigenvalue weighted by atomic mass is 9.98. The number of hydrogen-bond donors (Lipinski definition) is 3. The molecule has 11 heteroatoms. The van der Waals surface area contributed by atoms with Gasteiger partial charge in [-0.15, -0.1) is 11.8 Å². The topological polar surface area (TPSA) is 113 Å². The molecule has 1 aromatic heterocycles. The lowest BCUT2D eigenvalue weighted by Crippen LogP contribution is -2.46. The molecule has 0 radical (unpaired) electrons. The van der Waals surface area contributed by atoms with Crippen LogP contribution < -0.4 is 16.4 Å². The van der Waals surface area contributed by atoms with Crippen LogP contribution in [0.25, 0.3) is 11.1 Å². The van der Waals surface area contributed by atoms with E-state index in [1.54, 1.807) is 23.9 Å². The molecule has 1 aliphatic heterocycles. The van der Waals surface area contributed by atoms with Gasteiger partial charge in [0.05, 0.1) is 48.0 Å². The molecule has 0 spiro atoms. The average molecular weight is 632 g/mol. The van der Waals surface area contributed by atoms with Gasteiger partial charge in [-0.3, -0.25) is 9.78 Å². The van der Waals surface area contributed by atoms with E-state index >= 15 is 0 Å². The second kappa shape index (κ2) is 15.2. The van der Waals surface area contributed by atoms with Crippen molar-refractivity contribution in [1.82, 2.24) is 10.3 Å². The van der Waals surface area contributed by atoms with Crippen molar-refractivity contribution < 1.29 is 22.7 Å². The molecule has 1 saturated heterocycles. The van der Waals surface area contributed by atoms with Crippen molar-refractivity contribution in [1.29, 1.82) is 5.26 Å². The Balaban J connectivity index is 1.17. The van der Waals surface area contributed by atoms with E-state index in [2.05, 4.69) is 21.7 Å². The van der Waals surface area contributed by atoms with E-state index in [-0.39, 0.29) is 29.9 Å². The Morgan fingerprint density at radius 3 is 2.67 bits per heavy atom. The van der Waals surface area contributed by atoms with Crippen molar-refractivity contribution in [2.24, 2.45) is 5.73 Å². The number of morpholine rings is 1. The Morgan fingerprint density at radius 2 is 1.87 bits per heavy atom. The second-order valence-corrected chi connectivity index (χ2v) is 11.9. The fourth-order valence-corrected chi connectivity index (χ4v) is 6.10. The molecule has 4 aromatic rings. The van der Waals surface area contributed by atoms with E-state index in [9.17, 15) is 18.0 Å². The number of nitriles is 1. The molecule has 0 bridgehead atoms. The minimum Gasteiger partial charge on any atom is -0.371 e. The fraction of sp³-hybridized carbons (Fsp3) is 0.265. The van der Waals surface area contributed by atoms with Gasteiger partial charge in [0.2, 0.25) is 5.91 Å². The smallest absolute Gasteiger partial charge is 0.241 e. The molecule has 7 nitrogen and oxygen atoms in total. The standard InChI is InChI=1S/C34H32F3N5O2S/c35-24-7-5-23(6-8-24)29-13-21(4-11-30(29)36)14-32(39)34(43)42-33-19-41-18-31(37)28(33)10-9-25-16-40-17-26(44-25)20-45-27-3-1-2-22(12-27)15-38/h1-8,11-13,18-19,25-26,32,40H,9-10,14,16-17,20,39H2,(H,42,43)/t25-,26+,32+/m1/s1. The summed E-state index contributed by atoms with van der Waals surface area (Å²) in [6, 6.07) is 18.4. The average Bonchev–Trinajstić information content (AvgIpc) is 3.05. The highest BCUT2D eigenvalue weighted by molar-refractivity contribution is 7.99. The van der Waals surface area contributed by atoms with E-state index in [0.717, 1.165) is 11.1 Å². The molecule has 3 atom stereocenters. The van der Waals surface area contributed by atoms with Crippen molar-refractivity contribution in [2.45, 2.75) is 42.4 Å². The lowest BCUT2D eigenvalue weighted by molar-refractivity contribution is -0.117. The minimum absolute atomic E-state index is 0.0611. The van der Waals surface area contributed by atoms with Crippen LogP contribution >= 0.6 is 11.8 Å². The first kappa shape index (κ1) is 32.2. The maximum absolute atomic E-state index is 14.9. The number of carbonyl (C=O) groups is 1. The van der Waals surface area contributed by atoms with Gasteiger partial charge >= 0.3 is 0 Å². The molecule has 232 valence electrons. The van der Waals surface area contributed by atoms with Gasteiger partial charge in [0.1, 0.15) is 17.5 Å². The van der Waals surface area contributed by atoms with Crippen LogP contribution in [0.3, 0.4) is 0 Å². The third-order valence-electron chi connectivity index (χ3n) is 7.49. The van der Waals surface area contributed by atoms with E-state index < -0.39 is 29.4 Å². The number of anilines is 1.